The van der Waals surface area contributed by atoms with Crippen LogP contribution in [0.15, 0.2) is 87.8 Å². The van der Waals surface area contributed by atoms with Gasteiger partial charge in [0.05, 0.1) is 0 Å². The van der Waals surface area contributed by atoms with Gasteiger partial charge in [0.1, 0.15) is 0 Å². The summed E-state index contributed by atoms with van der Waals surface area (Å²) in [6.07, 6.45) is 0. The van der Waals surface area contributed by atoms with Crippen LogP contribution in [0, 0.1) is 0 Å². The number of rotatable bonds is 3. The molecule has 3 rings (SSSR count). The maximum Gasteiger partial charge on any atom is 0.172 e. The molecule has 0 radical (unpaired) electrons. The van der Waals surface area contributed by atoms with E-state index in [0.29, 0.717) is 0 Å². The number of benzene rings is 3. The van der Waals surface area contributed by atoms with Gasteiger partial charge in [-0.2, -0.15) is 0 Å². The van der Waals surface area contributed by atoms with Crippen molar-refractivity contribution in [3.63, 3.8) is 0 Å². The third-order valence-electron chi connectivity index (χ3n) is 3.48. The molecule has 0 aliphatic carbocycles. The predicted molar refractivity (Wildman–Crippen MR) is 101 cm³/mol. The summed E-state index contributed by atoms with van der Waals surface area (Å²) in [6, 6.07) is 25.1. The molecule has 3 aromatic rings. The summed E-state index contributed by atoms with van der Waals surface area (Å²) in [5.41, 5.74) is 0. The fourth-order valence-corrected chi connectivity index (χ4v) is 6.79. The maximum atomic E-state index is 14.1. The van der Waals surface area contributed by atoms with Gasteiger partial charge in [-0.15, -0.1) is 0 Å². The normalized spacial score (nSPS) is 13.5. The van der Waals surface area contributed by atoms with Crippen LogP contribution in [0.2, 0.25) is 0 Å². The third kappa shape index (κ3) is 2.86. The van der Waals surface area contributed by atoms with E-state index in [4.69, 9.17) is 0 Å². The van der Waals surface area contributed by atoms with Crippen molar-refractivity contribution in [3.05, 3.63) is 87.8 Å². The molecule has 110 valence electrons. The summed E-state index contributed by atoms with van der Waals surface area (Å²) in [6.45, 7) is 0. The van der Waals surface area contributed by atoms with E-state index in [-0.39, 0.29) is 0 Å². The zero-order valence-corrected chi connectivity index (χ0v) is 15.7. The average Bonchev–Trinajstić information content (AvgIpc) is 2.55. The van der Waals surface area contributed by atoms with Crippen molar-refractivity contribution in [1.82, 2.24) is 0 Å². The molecule has 1 unspecified atom stereocenters. The smallest absolute Gasteiger partial charge is 0.172 e. The van der Waals surface area contributed by atoms with Gasteiger partial charge in [0.2, 0.25) is 0 Å². The maximum absolute atomic E-state index is 14.1. The first-order valence-electron chi connectivity index (χ1n) is 6.79. The molecule has 0 saturated heterocycles. The molecule has 0 saturated carbocycles. The van der Waals surface area contributed by atoms with Crippen LogP contribution in [-0.4, -0.2) is 0 Å². The van der Waals surface area contributed by atoms with Crippen LogP contribution in [0.25, 0.3) is 0 Å². The molecular formula is C18H13Br2OP. The molecule has 1 nitrogen and oxygen atoms in total. The summed E-state index contributed by atoms with van der Waals surface area (Å²) in [4.78, 5) is 0. The lowest BCUT2D eigenvalue weighted by Crippen LogP contribution is -2.25. The fraction of sp³-hybridized carbons (Fsp3) is 0. The van der Waals surface area contributed by atoms with Gasteiger partial charge in [-0.1, -0.05) is 86.5 Å². The SMILES string of the molecule is O=P(c1ccccc1)(c1cccc(Br)c1)c1ccccc1Br. The highest BCUT2D eigenvalue weighted by atomic mass is 79.9. The minimum absolute atomic E-state index is 0.819. The molecule has 0 aliphatic heterocycles. The van der Waals surface area contributed by atoms with Crippen molar-refractivity contribution in [2.75, 3.05) is 0 Å². The fourth-order valence-electron chi connectivity index (χ4n) is 2.44. The van der Waals surface area contributed by atoms with Gasteiger partial charge in [0.25, 0.3) is 0 Å². The second-order valence-corrected chi connectivity index (χ2v) is 9.38. The molecule has 0 spiro atoms. The van der Waals surface area contributed by atoms with Crippen molar-refractivity contribution in [2.24, 2.45) is 0 Å². The van der Waals surface area contributed by atoms with E-state index in [0.717, 1.165) is 24.9 Å². The van der Waals surface area contributed by atoms with Crippen molar-refractivity contribution in [2.45, 2.75) is 0 Å². The van der Waals surface area contributed by atoms with Crippen molar-refractivity contribution in [1.29, 1.82) is 0 Å². The van der Waals surface area contributed by atoms with E-state index in [1.54, 1.807) is 0 Å². The minimum atomic E-state index is -2.92. The Morgan fingerprint density at radius 2 is 1.32 bits per heavy atom. The first-order chi connectivity index (χ1) is 10.6. The van der Waals surface area contributed by atoms with Crippen molar-refractivity contribution in [3.8, 4) is 0 Å². The zero-order valence-electron chi connectivity index (χ0n) is 11.6. The van der Waals surface area contributed by atoms with E-state index >= 15 is 0 Å². The summed E-state index contributed by atoms with van der Waals surface area (Å²) in [7, 11) is -2.92. The third-order valence-corrected chi connectivity index (χ3v) is 8.07. The molecule has 0 fully saturated rings. The van der Waals surface area contributed by atoms with E-state index < -0.39 is 7.14 Å². The Balaban J connectivity index is 2.33. The highest BCUT2D eigenvalue weighted by Gasteiger charge is 2.31. The highest BCUT2D eigenvalue weighted by molar-refractivity contribution is 9.11. The topological polar surface area (TPSA) is 17.1 Å². The van der Waals surface area contributed by atoms with E-state index in [2.05, 4.69) is 31.9 Å². The van der Waals surface area contributed by atoms with Gasteiger partial charge in [-0.05, 0) is 24.3 Å². The molecule has 0 amide bonds. The average molecular weight is 436 g/mol. The summed E-state index contributed by atoms with van der Waals surface area (Å²) in [5, 5.41) is 2.47. The lowest BCUT2D eigenvalue weighted by atomic mass is 10.4. The van der Waals surface area contributed by atoms with Crippen LogP contribution in [0.1, 0.15) is 0 Å². The van der Waals surface area contributed by atoms with Crippen LogP contribution in [0.5, 0.6) is 0 Å². The number of hydrogen-bond donors (Lipinski definition) is 0. The molecule has 22 heavy (non-hydrogen) atoms. The van der Waals surface area contributed by atoms with Gasteiger partial charge < -0.3 is 4.57 Å². The summed E-state index contributed by atoms with van der Waals surface area (Å²) >= 11 is 7.05. The Morgan fingerprint density at radius 3 is 2.00 bits per heavy atom. The quantitative estimate of drug-likeness (QED) is 0.537. The largest absolute Gasteiger partial charge is 0.309 e. The molecule has 0 aromatic heterocycles. The van der Waals surface area contributed by atoms with E-state index in [1.807, 2.05) is 78.9 Å². The van der Waals surface area contributed by atoms with Crippen molar-refractivity contribution >= 4 is 54.9 Å². The first kappa shape index (κ1) is 15.7. The van der Waals surface area contributed by atoms with Gasteiger partial charge >= 0.3 is 0 Å². The Labute approximate surface area is 147 Å². The molecule has 0 bridgehead atoms. The van der Waals surface area contributed by atoms with E-state index in [9.17, 15) is 4.57 Å². The number of halogens is 2. The van der Waals surface area contributed by atoms with Gasteiger partial charge in [0, 0.05) is 24.9 Å². The van der Waals surface area contributed by atoms with E-state index in [1.165, 1.54) is 0 Å². The van der Waals surface area contributed by atoms with Crippen LogP contribution >= 0.6 is 39.0 Å². The second-order valence-electron chi connectivity index (χ2n) is 4.88. The van der Waals surface area contributed by atoms with Crippen LogP contribution in [0.4, 0.5) is 0 Å². The standard InChI is InChI=1S/C18H13Br2OP/c19-14-7-6-10-16(13-14)22(21,15-8-2-1-3-9-15)18-12-5-4-11-17(18)20/h1-13H. The Bertz CT molecular complexity index is 846. The zero-order chi connectivity index (χ0) is 15.6. The molecular weight excluding hydrogens is 423 g/mol. The lowest BCUT2D eigenvalue weighted by Gasteiger charge is -2.21. The molecule has 4 heteroatoms. The predicted octanol–water partition coefficient (Wildman–Crippen LogP) is 4.85. The first-order valence-corrected chi connectivity index (χ1v) is 10.1. The molecule has 3 aromatic carbocycles. The van der Waals surface area contributed by atoms with Crippen molar-refractivity contribution < 1.29 is 4.57 Å². The van der Waals surface area contributed by atoms with Crippen LogP contribution < -0.4 is 15.9 Å². The lowest BCUT2D eigenvalue weighted by molar-refractivity contribution is 0.592. The van der Waals surface area contributed by atoms with Crippen LogP contribution in [-0.2, 0) is 4.57 Å². The molecule has 1 atom stereocenters. The minimum Gasteiger partial charge on any atom is -0.309 e. The molecule has 0 heterocycles. The van der Waals surface area contributed by atoms with Gasteiger partial charge in [0.15, 0.2) is 7.14 Å². The number of hydrogen-bond acceptors (Lipinski definition) is 1. The summed E-state index contributed by atoms with van der Waals surface area (Å²) < 4.78 is 15.9. The highest BCUT2D eigenvalue weighted by Crippen LogP contribution is 2.44. The summed E-state index contributed by atoms with van der Waals surface area (Å²) in [5.74, 6) is 0. The Hall–Kier alpha value is -1.15. The van der Waals surface area contributed by atoms with Crippen LogP contribution in [0.3, 0.4) is 0 Å². The van der Waals surface area contributed by atoms with Gasteiger partial charge in [-0.25, -0.2) is 0 Å². The van der Waals surface area contributed by atoms with Gasteiger partial charge in [-0.3, -0.25) is 0 Å². The Kier molecular flexibility index (Phi) is 4.67. The molecule has 0 N–H and O–H groups in total. The monoisotopic (exact) mass is 434 g/mol. The Morgan fingerprint density at radius 1 is 0.682 bits per heavy atom. The molecule has 0 aliphatic rings. The second kappa shape index (κ2) is 6.54.